The van der Waals surface area contributed by atoms with Crippen LogP contribution < -0.4 is 4.74 Å². The van der Waals surface area contributed by atoms with E-state index in [2.05, 4.69) is 0 Å². The summed E-state index contributed by atoms with van der Waals surface area (Å²) in [4.78, 5) is 0. The van der Waals surface area contributed by atoms with Crippen LogP contribution in [0.4, 0.5) is 0 Å². The number of ether oxygens (including phenoxy) is 1. The Morgan fingerprint density at radius 3 is 2.80 bits per heavy atom. The molecule has 4 nitrogen and oxygen atoms in total. The lowest BCUT2D eigenvalue weighted by molar-refractivity contribution is 0.0950. The number of hydrogen-bond acceptors (Lipinski definition) is 4. The van der Waals surface area contributed by atoms with Crippen LogP contribution in [0.25, 0.3) is 0 Å². The van der Waals surface area contributed by atoms with Crippen molar-refractivity contribution in [3.05, 3.63) is 29.3 Å². The summed E-state index contributed by atoms with van der Waals surface area (Å²) in [7, 11) is 1.51. The van der Waals surface area contributed by atoms with Crippen molar-refractivity contribution in [1.29, 1.82) is 5.26 Å². The molecule has 1 aromatic carbocycles. The van der Waals surface area contributed by atoms with E-state index in [1.165, 1.54) is 7.11 Å². The van der Waals surface area contributed by atoms with Gasteiger partial charge in [-0.3, -0.25) is 0 Å². The SMILES string of the molecule is COc1cc(C#N)ccc1C[C@@H](O)CO. The van der Waals surface area contributed by atoms with Crippen molar-refractivity contribution in [3.8, 4) is 11.8 Å². The number of rotatable bonds is 4. The molecule has 0 heterocycles. The monoisotopic (exact) mass is 207 g/mol. The van der Waals surface area contributed by atoms with Gasteiger partial charge in [0.05, 0.1) is 31.5 Å². The van der Waals surface area contributed by atoms with Gasteiger partial charge in [-0.1, -0.05) is 6.07 Å². The second-order valence-electron chi connectivity index (χ2n) is 3.18. The Hall–Kier alpha value is -1.57. The second-order valence-corrected chi connectivity index (χ2v) is 3.18. The molecule has 1 aromatic rings. The molecule has 1 rings (SSSR count). The second kappa shape index (κ2) is 5.35. The minimum absolute atomic E-state index is 0.289. The third-order valence-electron chi connectivity index (χ3n) is 2.08. The first-order chi connectivity index (χ1) is 7.21. The van der Waals surface area contributed by atoms with Crippen molar-refractivity contribution in [2.24, 2.45) is 0 Å². The fourth-order valence-electron chi connectivity index (χ4n) is 1.30. The van der Waals surface area contributed by atoms with Gasteiger partial charge in [0.15, 0.2) is 0 Å². The number of benzene rings is 1. The number of nitriles is 1. The summed E-state index contributed by atoms with van der Waals surface area (Å²) in [5.74, 6) is 0.557. The summed E-state index contributed by atoms with van der Waals surface area (Å²) in [5.41, 5.74) is 1.28. The molecule has 0 spiro atoms. The van der Waals surface area contributed by atoms with Crippen molar-refractivity contribution >= 4 is 0 Å². The van der Waals surface area contributed by atoms with E-state index in [1.807, 2.05) is 6.07 Å². The van der Waals surface area contributed by atoms with Gasteiger partial charge < -0.3 is 14.9 Å². The highest BCUT2D eigenvalue weighted by atomic mass is 16.5. The summed E-state index contributed by atoms with van der Waals surface area (Å²) in [6.07, 6.45) is -0.488. The van der Waals surface area contributed by atoms with Crippen molar-refractivity contribution < 1.29 is 14.9 Å². The number of nitrogens with zero attached hydrogens (tertiary/aromatic N) is 1. The zero-order valence-corrected chi connectivity index (χ0v) is 8.47. The number of methoxy groups -OCH3 is 1. The largest absolute Gasteiger partial charge is 0.496 e. The molecule has 0 radical (unpaired) electrons. The lowest BCUT2D eigenvalue weighted by Crippen LogP contribution is -2.15. The molecular weight excluding hydrogens is 194 g/mol. The van der Waals surface area contributed by atoms with Gasteiger partial charge in [0.2, 0.25) is 0 Å². The van der Waals surface area contributed by atoms with E-state index in [9.17, 15) is 5.11 Å². The van der Waals surface area contributed by atoms with Gasteiger partial charge in [-0.05, 0) is 17.7 Å². The highest BCUT2D eigenvalue weighted by molar-refractivity contribution is 5.42. The molecule has 1 atom stereocenters. The number of aliphatic hydroxyl groups is 2. The molecule has 0 aliphatic carbocycles. The first kappa shape index (κ1) is 11.5. The van der Waals surface area contributed by atoms with Gasteiger partial charge in [-0.2, -0.15) is 5.26 Å². The van der Waals surface area contributed by atoms with E-state index in [4.69, 9.17) is 15.1 Å². The van der Waals surface area contributed by atoms with Crippen molar-refractivity contribution in [1.82, 2.24) is 0 Å². The molecule has 4 heteroatoms. The fraction of sp³-hybridized carbons (Fsp3) is 0.364. The Labute approximate surface area is 88.4 Å². The maximum Gasteiger partial charge on any atom is 0.123 e. The molecule has 0 saturated heterocycles. The zero-order chi connectivity index (χ0) is 11.3. The van der Waals surface area contributed by atoms with Crippen molar-refractivity contribution in [2.45, 2.75) is 12.5 Å². The molecule has 2 N–H and O–H groups in total. The molecule has 0 aromatic heterocycles. The predicted octanol–water partition coefficient (Wildman–Crippen LogP) is 0.463. The molecule has 0 aliphatic rings. The molecular formula is C11H13NO3. The van der Waals surface area contributed by atoms with E-state index >= 15 is 0 Å². The summed E-state index contributed by atoms with van der Waals surface area (Å²) >= 11 is 0. The molecule has 80 valence electrons. The summed E-state index contributed by atoms with van der Waals surface area (Å²) in [5, 5.41) is 26.7. The van der Waals surface area contributed by atoms with Crippen LogP contribution in [-0.2, 0) is 6.42 Å². The third-order valence-corrected chi connectivity index (χ3v) is 2.08. The summed E-state index contributed by atoms with van der Waals surface area (Å²) in [6, 6.07) is 6.99. The first-order valence-corrected chi connectivity index (χ1v) is 4.57. The van der Waals surface area contributed by atoms with Crippen LogP contribution in [-0.4, -0.2) is 30.0 Å². The third kappa shape index (κ3) is 2.94. The quantitative estimate of drug-likeness (QED) is 0.752. The normalized spacial score (nSPS) is 11.9. The van der Waals surface area contributed by atoms with E-state index in [1.54, 1.807) is 18.2 Å². The maximum atomic E-state index is 9.29. The molecule has 15 heavy (non-hydrogen) atoms. The highest BCUT2D eigenvalue weighted by Gasteiger charge is 2.09. The molecule has 0 fully saturated rings. The summed E-state index contributed by atoms with van der Waals surface area (Å²) in [6.45, 7) is -0.289. The number of aliphatic hydroxyl groups excluding tert-OH is 2. The topological polar surface area (TPSA) is 73.5 Å². The van der Waals surface area contributed by atoms with Gasteiger partial charge >= 0.3 is 0 Å². The Bertz CT molecular complexity index is 371. The van der Waals surface area contributed by atoms with Crippen LogP contribution in [0.15, 0.2) is 18.2 Å². The van der Waals surface area contributed by atoms with E-state index < -0.39 is 6.10 Å². The molecule has 0 saturated carbocycles. The molecule has 0 aliphatic heterocycles. The average molecular weight is 207 g/mol. The maximum absolute atomic E-state index is 9.29. The fourth-order valence-corrected chi connectivity index (χ4v) is 1.30. The Kier molecular flexibility index (Phi) is 4.10. The molecule has 0 unspecified atom stereocenters. The predicted molar refractivity (Wildman–Crippen MR) is 54.5 cm³/mol. The minimum Gasteiger partial charge on any atom is -0.496 e. The van der Waals surface area contributed by atoms with E-state index in [-0.39, 0.29) is 6.61 Å². The zero-order valence-electron chi connectivity index (χ0n) is 8.47. The van der Waals surface area contributed by atoms with Crippen LogP contribution in [0, 0.1) is 11.3 Å². The van der Waals surface area contributed by atoms with E-state index in [0.29, 0.717) is 17.7 Å². The van der Waals surface area contributed by atoms with Crippen LogP contribution in [0.5, 0.6) is 5.75 Å². The lowest BCUT2D eigenvalue weighted by Gasteiger charge is -2.11. The lowest BCUT2D eigenvalue weighted by atomic mass is 10.1. The van der Waals surface area contributed by atoms with Crippen LogP contribution in [0.1, 0.15) is 11.1 Å². The van der Waals surface area contributed by atoms with Crippen LogP contribution in [0.3, 0.4) is 0 Å². The van der Waals surface area contributed by atoms with Gasteiger partial charge in [-0.15, -0.1) is 0 Å². The van der Waals surface area contributed by atoms with Crippen LogP contribution in [0.2, 0.25) is 0 Å². The van der Waals surface area contributed by atoms with Crippen molar-refractivity contribution in [2.75, 3.05) is 13.7 Å². The molecule has 0 amide bonds. The number of hydrogen-bond donors (Lipinski definition) is 2. The average Bonchev–Trinajstić information content (AvgIpc) is 2.29. The Balaban J connectivity index is 2.93. The summed E-state index contributed by atoms with van der Waals surface area (Å²) < 4.78 is 5.09. The Morgan fingerprint density at radius 2 is 2.27 bits per heavy atom. The van der Waals surface area contributed by atoms with Crippen molar-refractivity contribution in [3.63, 3.8) is 0 Å². The minimum atomic E-state index is -0.799. The molecule has 0 bridgehead atoms. The van der Waals surface area contributed by atoms with Gasteiger partial charge in [0.1, 0.15) is 5.75 Å². The van der Waals surface area contributed by atoms with Crippen LogP contribution >= 0.6 is 0 Å². The Morgan fingerprint density at radius 1 is 1.53 bits per heavy atom. The van der Waals surface area contributed by atoms with Gasteiger partial charge in [0.25, 0.3) is 0 Å². The first-order valence-electron chi connectivity index (χ1n) is 4.57. The van der Waals surface area contributed by atoms with E-state index in [0.717, 1.165) is 5.56 Å². The standard InChI is InChI=1S/C11H13NO3/c1-15-11-4-8(6-12)2-3-9(11)5-10(14)7-13/h2-4,10,13-14H,5,7H2,1H3/t10-/m1/s1. The highest BCUT2D eigenvalue weighted by Crippen LogP contribution is 2.21. The van der Waals surface area contributed by atoms with Gasteiger partial charge in [-0.25, -0.2) is 0 Å². The van der Waals surface area contributed by atoms with Gasteiger partial charge in [0, 0.05) is 6.42 Å². The smallest absolute Gasteiger partial charge is 0.123 e.